The molecular formula is C15H20O4. The summed E-state index contributed by atoms with van der Waals surface area (Å²) < 4.78 is 5.24. The summed E-state index contributed by atoms with van der Waals surface area (Å²) in [5, 5.41) is 19.6. The second kappa shape index (κ2) is 5.72. The predicted octanol–water partition coefficient (Wildman–Crippen LogP) is 1.49. The SMILES string of the molecule is C=C1C(=O)O[C@@H]2/C=C(\CO)CC/C=C(\C)C[C@H](O)[C@@H]12. The molecule has 1 aliphatic heterocycles. The number of aliphatic hydroxyl groups is 2. The summed E-state index contributed by atoms with van der Waals surface area (Å²) in [5.41, 5.74) is 2.23. The standard InChI is InChI=1S/C15H20O4/c1-9-4-3-5-11(8-16)7-13-14(12(17)6-9)10(2)15(18)19-13/h4,7,12-14,16-17H,2-3,5-6,8H2,1H3/b9-4+,11-7-/t12-,13+,14+/m0/s1. The van der Waals surface area contributed by atoms with Gasteiger partial charge in [0.1, 0.15) is 6.10 Å². The maximum absolute atomic E-state index is 11.6. The van der Waals surface area contributed by atoms with E-state index >= 15 is 0 Å². The molecule has 2 N–H and O–H groups in total. The Kier molecular flexibility index (Phi) is 4.22. The molecule has 1 fully saturated rings. The fraction of sp³-hybridized carbons (Fsp3) is 0.533. The zero-order chi connectivity index (χ0) is 14.0. The number of carbonyl (C=O) groups is 1. The third-order valence-electron chi connectivity index (χ3n) is 3.77. The van der Waals surface area contributed by atoms with E-state index in [-0.39, 0.29) is 6.61 Å². The molecule has 2 aliphatic rings. The number of esters is 1. The van der Waals surface area contributed by atoms with Crippen molar-refractivity contribution in [1.82, 2.24) is 0 Å². The highest BCUT2D eigenvalue weighted by molar-refractivity contribution is 5.91. The van der Waals surface area contributed by atoms with Gasteiger partial charge >= 0.3 is 5.97 Å². The Morgan fingerprint density at radius 2 is 2.26 bits per heavy atom. The number of rotatable bonds is 1. The minimum Gasteiger partial charge on any atom is -0.454 e. The molecule has 0 bridgehead atoms. The first-order chi connectivity index (χ1) is 9.02. The maximum Gasteiger partial charge on any atom is 0.334 e. The van der Waals surface area contributed by atoms with Crippen LogP contribution in [0.4, 0.5) is 0 Å². The van der Waals surface area contributed by atoms with E-state index in [0.29, 0.717) is 12.0 Å². The Morgan fingerprint density at radius 1 is 1.53 bits per heavy atom. The molecule has 0 aromatic carbocycles. The van der Waals surface area contributed by atoms with Crippen LogP contribution in [0.3, 0.4) is 0 Å². The van der Waals surface area contributed by atoms with E-state index in [1.807, 2.05) is 6.92 Å². The lowest BCUT2D eigenvalue weighted by Crippen LogP contribution is -2.29. The highest BCUT2D eigenvalue weighted by atomic mass is 16.6. The van der Waals surface area contributed by atoms with E-state index in [4.69, 9.17) is 4.74 Å². The Hall–Kier alpha value is -1.39. The summed E-state index contributed by atoms with van der Waals surface area (Å²) >= 11 is 0. The average Bonchev–Trinajstić information content (AvgIpc) is 2.63. The van der Waals surface area contributed by atoms with Crippen LogP contribution in [0.5, 0.6) is 0 Å². The summed E-state index contributed by atoms with van der Waals surface area (Å²) in [6.07, 6.45) is 4.69. The van der Waals surface area contributed by atoms with Gasteiger partial charge in [0.15, 0.2) is 0 Å². The number of hydrogen-bond acceptors (Lipinski definition) is 4. The van der Waals surface area contributed by atoms with E-state index in [9.17, 15) is 15.0 Å². The van der Waals surface area contributed by atoms with Crippen molar-refractivity contribution >= 4 is 5.97 Å². The smallest absolute Gasteiger partial charge is 0.334 e. The van der Waals surface area contributed by atoms with Crippen LogP contribution in [-0.2, 0) is 9.53 Å². The molecule has 0 aromatic rings. The van der Waals surface area contributed by atoms with Crippen LogP contribution in [0.1, 0.15) is 26.2 Å². The second-order valence-corrected chi connectivity index (χ2v) is 5.26. The van der Waals surface area contributed by atoms with Crippen LogP contribution in [0, 0.1) is 5.92 Å². The number of fused-ring (bicyclic) bond motifs is 1. The number of carbonyl (C=O) groups excluding carboxylic acids is 1. The first-order valence-corrected chi connectivity index (χ1v) is 6.57. The second-order valence-electron chi connectivity index (χ2n) is 5.26. The Balaban J connectivity index is 2.34. The molecule has 0 amide bonds. The Bertz CT molecular complexity index is 447. The Labute approximate surface area is 113 Å². The van der Waals surface area contributed by atoms with Crippen molar-refractivity contribution in [2.75, 3.05) is 6.61 Å². The van der Waals surface area contributed by atoms with E-state index in [1.54, 1.807) is 6.08 Å². The van der Waals surface area contributed by atoms with Gasteiger partial charge in [0, 0.05) is 5.57 Å². The van der Waals surface area contributed by atoms with Crippen LogP contribution in [0.2, 0.25) is 0 Å². The van der Waals surface area contributed by atoms with E-state index in [1.165, 1.54) is 0 Å². The third-order valence-corrected chi connectivity index (χ3v) is 3.77. The quantitative estimate of drug-likeness (QED) is 0.428. The molecular weight excluding hydrogens is 244 g/mol. The van der Waals surface area contributed by atoms with Crippen molar-refractivity contribution < 1.29 is 19.7 Å². The lowest BCUT2D eigenvalue weighted by atomic mass is 9.85. The molecule has 0 spiro atoms. The van der Waals surface area contributed by atoms with Crippen molar-refractivity contribution in [1.29, 1.82) is 0 Å². The van der Waals surface area contributed by atoms with Gasteiger partial charge in [-0.1, -0.05) is 18.2 Å². The van der Waals surface area contributed by atoms with Gasteiger partial charge in [-0.15, -0.1) is 0 Å². The van der Waals surface area contributed by atoms with Gasteiger partial charge in [-0.3, -0.25) is 0 Å². The zero-order valence-corrected chi connectivity index (χ0v) is 11.1. The van der Waals surface area contributed by atoms with Crippen LogP contribution in [0.15, 0.2) is 35.5 Å². The topological polar surface area (TPSA) is 66.8 Å². The van der Waals surface area contributed by atoms with E-state index in [2.05, 4.69) is 12.7 Å². The molecule has 4 heteroatoms. The minimum atomic E-state index is -0.686. The minimum absolute atomic E-state index is 0.0593. The highest BCUT2D eigenvalue weighted by Crippen LogP contribution is 2.34. The van der Waals surface area contributed by atoms with Crippen LogP contribution in [0.25, 0.3) is 0 Å². The lowest BCUT2D eigenvalue weighted by molar-refractivity contribution is -0.137. The van der Waals surface area contributed by atoms with Crippen molar-refractivity contribution in [2.45, 2.75) is 38.4 Å². The van der Waals surface area contributed by atoms with Gasteiger partial charge in [-0.25, -0.2) is 4.79 Å². The molecule has 1 heterocycles. The lowest BCUT2D eigenvalue weighted by Gasteiger charge is -2.23. The number of ether oxygens (including phenoxy) is 1. The predicted molar refractivity (Wildman–Crippen MR) is 71.3 cm³/mol. The van der Waals surface area contributed by atoms with Crippen molar-refractivity contribution in [3.8, 4) is 0 Å². The summed E-state index contributed by atoms with van der Waals surface area (Å²) in [6.45, 7) is 5.63. The highest BCUT2D eigenvalue weighted by Gasteiger charge is 2.41. The van der Waals surface area contributed by atoms with E-state index in [0.717, 1.165) is 24.0 Å². The first kappa shape index (κ1) is 14.0. The van der Waals surface area contributed by atoms with Gasteiger partial charge in [0.25, 0.3) is 0 Å². The molecule has 0 radical (unpaired) electrons. The van der Waals surface area contributed by atoms with Gasteiger partial charge in [0.2, 0.25) is 0 Å². The van der Waals surface area contributed by atoms with Gasteiger partial charge in [0.05, 0.1) is 18.6 Å². The number of aliphatic hydroxyl groups excluding tert-OH is 2. The molecule has 0 saturated carbocycles. The van der Waals surface area contributed by atoms with Crippen molar-refractivity contribution in [3.05, 3.63) is 35.5 Å². The van der Waals surface area contributed by atoms with Gasteiger partial charge < -0.3 is 14.9 Å². The Morgan fingerprint density at radius 3 is 2.95 bits per heavy atom. The summed E-state index contributed by atoms with van der Waals surface area (Å²) in [4.78, 5) is 11.6. The molecule has 4 nitrogen and oxygen atoms in total. The summed E-state index contributed by atoms with van der Waals surface area (Å²) in [6, 6.07) is 0. The molecule has 104 valence electrons. The van der Waals surface area contributed by atoms with Crippen LogP contribution >= 0.6 is 0 Å². The maximum atomic E-state index is 11.6. The van der Waals surface area contributed by atoms with Crippen molar-refractivity contribution in [2.24, 2.45) is 5.92 Å². The molecule has 1 aliphatic carbocycles. The normalized spacial score (nSPS) is 37.7. The summed E-state index contributed by atoms with van der Waals surface area (Å²) in [7, 11) is 0. The zero-order valence-electron chi connectivity index (χ0n) is 11.1. The molecule has 1 saturated heterocycles. The summed E-state index contributed by atoms with van der Waals surface area (Å²) in [5.74, 6) is -0.876. The van der Waals surface area contributed by atoms with Crippen LogP contribution in [-0.4, -0.2) is 35.0 Å². The third kappa shape index (κ3) is 2.96. The number of allylic oxidation sites excluding steroid dienone is 1. The van der Waals surface area contributed by atoms with Gasteiger partial charge in [-0.05, 0) is 37.8 Å². The monoisotopic (exact) mass is 264 g/mol. The van der Waals surface area contributed by atoms with E-state index < -0.39 is 24.1 Å². The molecule has 2 rings (SSSR count). The fourth-order valence-corrected chi connectivity index (χ4v) is 2.69. The van der Waals surface area contributed by atoms with Gasteiger partial charge in [-0.2, -0.15) is 0 Å². The largest absolute Gasteiger partial charge is 0.454 e. The molecule has 0 aromatic heterocycles. The van der Waals surface area contributed by atoms with Crippen molar-refractivity contribution in [3.63, 3.8) is 0 Å². The molecule has 19 heavy (non-hydrogen) atoms. The molecule has 0 unspecified atom stereocenters. The van der Waals surface area contributed by atoms with Crippen LogP contribution < -0.4 is 0 Å². The average molecular weight is 264 g/mol. The number of hydrogen-bond donors (Lipinski definition) is 2. The first-order valence-electron chi connectivity index (χ1n) is 6.57. The molecule has 3 atom stereocenters. The fourth-order valence-electron chi connectivity index (χ4n) is 2.69.